The SMILES string of the molecule is COc1ccc([C@@]23C(=O)N(Nc4ccc(Cl)cc4Cl)C(=O)[C@@H]2C[C@@H]2C(=CC[C@@H]4C(=O)N(CCCC(=O)O)C(=O)[C@@H]42)[C@@H]3c2ccc(O)c(F)c2)cc1. The average molecular weight is 737 g/mol. The van der Waals surface area contributed by atoms with Crippen LogP contribution in [0.25, 0.3) is 0 Å². The van der Waals surface area contributed by atoms with Crippen molar-refractivity contribution >= 4 is 58.5 Å². The first-order chi connectivity index (χ1) is 24.4. The number of phenolic OH excluding ortho intramolecular Hbond substituents is 1. The molecular weight excluding hydrogens is 704 g/mol. The van der Waals surface area contributed by atoms with E-state index >= 15 is 9.18 Å². The van der Waals surface area contributed by atoms with Gasteiger partial charge in [0.05, 0.1) is 41.0 Å². The second-order valence-corrected chi connectivity index (χ2v) is 14.1. The highest BCUT2D eigenvalue weighted by atomic mass is 35.5. The summed E-state index contributed by atoms with van der Waals surface area (Å²) in [5.41, 5.74) is 2.73. The Balaban J connectivity index is 1.41. The van der Waals surface area contributed by atoms with Crippen LogP contribution in [0.3, 0.4) is 0 Å². The van der Waals surface area contributed by atoms with Crippen molar-refractivity contribution in [2.45, 2.75) is 37.0 Å². The molecule has 11 nitrogen and oxygen atoms in total. The highest BCUT2D eigenvalue weighted by molar-refractivity contribution is 6.36. The average Bonchev–Trinajstić information content (AvgIpc) is 3.47. The van der Waals surface area contributed by atoms with Gasteiger partial charge in [-0.25, -0.2) is 4.39 Å². The van der Waals surface area contributed by atoms with Gasteiger partial charge in [-0.3, -0.25) is 34.3 Å². The number of likely N-dealkylation sites (tertiary alicyclic amines) is 1. The monoisotopic (exact) mass is 735 g/mol. The van der Waals surface area contributed by atoms with Crippen LogP contribution in [-0.4, -0.2) is 63.4 Å². The van der Waals surface area contributed by atoms with E-state index in [1.165, 1.54) is 31.4 Å². The van der Waals surface area contributed by atoms with Crippen LogP contribution in [0.1, 0.15) is 42.7 Å². The molecule has 4 amide bonds. The van der Waals surface area contributed by atoms with E-state index in [0.717, 1.165) is 16.0 Å². The van der Waals surface area contributed by atoms with Gasteiger partial charge < -0.3 is 14.9 Å². The van der Waals surface area contributed by atoms with Crippen molar-refractivity contribution in [3.05, 3.63) is 99.3 Å². The van der Waals surface area contributed by atoms with Crippen LogP contribution in [-0.2, 0) is 29.4 Å². The molecule has 51 heavy (non-hydrogen) atoms. The summed E-state index contributed by atoms with van der Waals surface area (Å²) in [6.45, 7) is -0.0677. The smallest absolute Gasteiger partial charge is 0.303 e. The lowest BCUT2D eigenvalue weighted by molar-refractivity contribution is -0.142. The van der Waals surface area contributed by atoms with E-state index in [1.54, 1.807) is 30.3 Å². The Labute approximate surface area is 301 Å². The summed E-state index contributed by atoms with van der Waals surface area (Å²) in [7, 11) is 1.49. The number of imide groups is 2. The predicted octanol–water partition coefficient (Wildman–Crippen LogP) is 5.70. The second kappa shape index (κ2) is 13.0. The van der Waals surface area contributed by atoms with E-state index in [4.69, 9.17) is 33.0 Å². The molecule has 2 aliphatic heterocycles. The molecule has 2 saturated heterocycles. The Bertz CT molecular complexity index is 2020. The fourth-order valence-electron chi connectivity index (χ4n) is 8.60. The number of anilines is 1. The number of hydrazine groups is 1. The van der Waals surface area contributed by atoms with Crippen molar-refractivity contribution in [2.24, 2.45) is 23.7 Å². The molecule has 7 rings (SSSR count). The van der Waals surface area contributed by atoms with Gasteiger partial charge in [-0.15, -0.1) is 0 Å². The van der Waals surface area contributed by atoms with E-state index in [9.17, 15) is 24.3 Å². The number of carbonyl (C=O) groups is 5. The molecule has 0 aromatic heterocycles. The number of allylic oxidation sites excluding steroid dienone is 2. The number of nitrogens with zero attached hydrogens (tertiary/aromatic N) is 2. The van der Waals surface area contributed by atoms with Gasteiger partial charge in [-0.1, -0.05) is 53.1 Å². The number of phenols is 1. The third kappa shape index (κ3) is 5.43. The molecule has 2 heterocycles. The number of fused-ring (bicyclic) bond motifs is 4. The molecule has 264 valence electrons. The molecule has 0 radical (unpaired) electrons. The lowest BCUT2D eigenvalue weighted by Crippen LogP contribution is -2.53. The molecule has 3 aromatic carbocycles. The second-order valence-electron chi connectivity index (χ2n) is 13.2. The summed E-state index contributed by atoms with van der Waals surface area (Å²) in [6, 6.07) is 15.0. The van der Waals surface area contributed by atoms with Crippen molar-refractivity contribution in [3.63, 3.8) is 0 Å². The normalized spacial score (nSPS) is 26.8. The maximum Gasteiger partial charge on any atom is 0.303 e. The molecule has 1 saturated carbocycles. The molecule has 2 aliphatic carbocycles. The minimum Gasteiger partial charge on any atom is -0.505 e. The van der Waals surface area contributed by atoms with Gasteiger partial charge in [0.25, 0.3) is 11.8 Å². The number of rotatable bonds is 9. The summed E-state index contributed by atoms with van der Waals surface area (Å²) in [4.78, 5) is 69.9. The van der Waals surface area contributed by atoms with Crippen LogP contribution in [0.2, 0.25) is 10.0 Å². The first kappa shape index (κ1) is 34.5. The topological polar surface area (TPSA) is 154 Å². The zero-order valence-electron chi connectivity index (χ0n) is 27.1. The molecule has 0 unspecified atom stereocenters. The van der Waals surface area contributed by atoms with E-state index in [0.29, 0.717) is 21.9 Å². The summed E-state index contributed by atoms with van der Waals surface area (Å²) >= 11 is 12.6. The molecule has 3 fully saturated rings. The van der Waals surface area contributed by atoms with Crippen molar-refractivity contribution in [1.82, 2.24) is 9.91 Å². The number of ether oxygens (including phenoxy) is 1. The van der Waals surface area contributed by atoms with E-state index in [1.807, 2.05) is 6.08 Å². The number of hydrogen-bond donors (Lipinski definition) is 3. The van der Waals surface area contributed by atoms with Gasteiger partial charge in [0.15, 0.2) is 11.6 Å². The number of halogens is 3. The molecule has 0 bridgehead atoms. The first-order valence-corrected chi connectivity index (χ1v) is 17.1. The van der Waals surface area contributed by atoms with Gasteiger partial charge >= 0.3 is 5.97 Å². The van der Waals surface area contributed by atoms with Gasteiger partial charge in [-0.2, -0.15) is 5.01 Å². The molecule has 6 atom stereocenters. The number of carboxylic acid groups (broad SMARTS) is 1. The molecular formula is C37H32Cl2FN3O8. The Kier molecular flexibility index (Phi) is 8.79. The maximum atomic E-state index is 15.3. The number of amides is 4. The third-order valence-corrected chi connectivity index (χ3v) is 11.3. The van der Waals surface area contributed by atoms with Crippen LogP contribution in [0.5, 0.6) is 11.5 Å². The number of methoxy groups -OCH3 is 1. The van der Waals surface area contributed by atoms with Crippen LogP contribution in [0.15, 0.2) is 72.3 Å². The van der Waals surface area contributed by atoms with E-state index < -0.39 is 76.2 Å². The van der Waals surface area contributed by atoms with Crippen molar-refractivity contribution in [2.75, 3.05) is 19.1 Å². The number of carbonyl (C=O) groups excluding carboxylic acids is 4. The minimum atomic E-state index is -1.69. The molecule has 3 aromatic rings. The Morgan fingerprint density at radius 2 is 1.75 bits per heavy atom. The first-order valence-electron chi connectivity index (χ1n) is 16.4. The predicted molar refractivity (Wildman–Crippen MR) is 182 cm³/mol. The molecule has 0 spiro atoms. The number of nitrogens with one attached hydrogen (secondary N) is 1. The zero-order valence-corrected chi connectivity index (χ0v) is 28.7. The molecule has 14 heteroatoms. The summed E-state index contributed by atoms with van der Waals surface area (Å²) in [5, 5.41) is 20.7. The van der Waals surface area contributed by atoms with E-state index in [-0.39, 0.29) is 48.5 Å². The van der Waals surface area contributed by atoms with Gasteiger partial charge in [0, 0.05) is 23.9 Å². The standard InChI is InChI=1S/C37H32Cl2FN3O8/c1-51-21-8-5-19(6-9-21)37-25(34(48)43(36(37)50)41-28-12-7-20(38)16-26(28)39)17-24-22(32(37)18-4-13-29(44)27(40)15-18)10-11-23-31(24)35(49)42(33(23)47)14-2-3-30(45)46/h4-10,12-13,15-16,23-25,31-32,41,44H,2-3,11,14,17H2,1H3,(H,45,46)/t23-,24+,25-,31-,32-,37+/m0/s1. The van der Waals surface area contributed by atoms with Crippen LogP contribution in [0.4, 0.5) is 10.1 Å². The third-order valence-electron chi connectivity index (χ3n) is 10.7. The number of aromatic hydroxyl groups is 1. The number of aliphatic carboxylic acids is 1. The van der Waals surface area contributed by atoms with Crippen molar-refractivity contribution in [3.8, 4) is 11.5 Å². The maximum absolute atomic E-state index is 15.3. The number of hydrogen-bond acceptors (Lipinski definition) is 8. The molecule has 4 aliphatic rings. The minimum absolute atomic E-state index is 0.00478. The summed E-state index contributed by atoms with van der Waals surface area (Å²) in [6.07, 6.45) is 1.81. The number of benzene rings is 3. The Hall–Kier alpha value is -4.94. The van der Waals surface area contributed by atoms with Gasteiger partial charge in [0.1, 0.15) is 5.75 Å². The Morgan fingerprint density at radius 3 is 2.41 bits per heavy atom. The summed E-state index contributed by atoms with van der Waals surface area (Å²) in [5.74, 6) is -8.79. The zero-order chi connectivity index (χ0) is 36.4. The van der Waals surface area contributed by atoms with Crippen LogP contribution in [0, 0.1) is 29.5 Å². The highest BCUT2D eigenvalue weighted by Gasteiger charge is 2.70. The van der Waals surface area contributed by atoms with Gasteiger partial charge in [0.2, 0.25) is 11.8 Å². The number of carboxylic acids is 1. The fraction of sp³-hybridized carbons (Fsp3) is 0.324. The van der Waals surface area contributed by atoms with Crippen molar-refractivity contribution < 1.29 is 43.3 Å². The van der Waals surface area contributed by atoms with Crippen LogP contribution >= 0.6 is 23.2 Å². The largest absolute Gasteiger partial charge is 0.505 e. The molecule has 3 N–H and O–H groups in total. The highest BCUT2D eigenvalue weighted by Crippen LogP contribution is 2.64. The quantitative estimate of drug-likeness (QED) is 0.186. The lowest BCUT2D eigenvalue weighted by atomic mass is 9.49. The van der Waals surface area contributed by atoms with E-state index in [2.05, 4.69) is 5.43 Å². The van der Waals surface area contributed by atoms with Crippen LogP contribution < -0.4 is 10.2 Å². The van der Waals surface area contributed by atoms with Crippen molar-refractivity contribution in [1.29, 1.82) is 0 Å². The van der Waals surface area contributed by atoms with Gasteiger partial charge in [-0.05, 0) is 78.8 Å². The fourth-order valence-corrected chi connectivity index (χ4v) is 9.05. The summed E-state index contributed by atoms with van der Waals surface area (Å²) < 4.78 is 20.7. The lowest BCUT2D eigenvalue weighted by Gasteiger charge is -2.50. The Morgan fingerprint density at radius 1 is 1.00 bits per heavy atom.